The third kappa shape index (κ3) is 4.47. The fourth-order valence-corrected chi connectivity index (χ4v) is 4.54. The van der Waals surface area contributed by atoms with Gasteiger partial charge in [0.05, 0.1) is 17.9 Å². The smallest absolute Gasteiger partial charge is 0.327 e. The van der Waals surface area contributed by atoms with Crippen molar-refractivity contribution in [1.29, 1.82) is 0 Å². The van der Waals surface area contributed by atoms with E-state index in [0.29, 0.717) is 29.8 Å². The second-order valence-electron chi connectivity index (χ2n) is 9.10. The van der Waals surface area contributed by atoms with Crippen LogP contribution in [0.5, 0.6) is 5.88 Å². The molecule has 0 saturated heterocycles. The molecule has 0 unspecified atom stereocenters. The predicted molar refractivity (Wildman–Crippen MR) is 133 cm³/mol. The molecule has 0 saturated carbocycles. The van der Waals surface area contributed by atoms with E-state index < -0.39 is 29.3 Å². The van der Waals surface area contributed by atoms with Crippen LogP contribution in [-0.4, -0.2) is 26.5 Å². The van der Waals surface area contributed by atoms with Crippen LogP contribution in [0.1, 0.15) is 35.7 Å². The molecule has 0 fully saturated rings. The highest BCUT2D eigenvalue weighted by Crippen LogP contribution is 2.38. The van der Waals surface area contributed by atoms with Crippen LogP contribution in [-0.2, 0) is 22.6 Å². The van der Waals surface area contributed by atoms with E-state index in [1.165, 1.54) is 48.5 Å². The van der Waals surface area contributed by atoms with Crippen molar-refractivity contribution < 1.29 is 28.0 Å². The largest absolute Gasteiger partial charge is 0.858 e. The number of nitrogens with zero attached hydrogens (tertiary/aromatic N) is 4. The van der Waals surface area contributed by atoms with Crippen LogP contribution in [0.15, 0.2) is 73.1 Å². The third-order valence-corrected chi connectivity index (χ3v) is 6.33. The van der Waals surface area contributed by atoms with Crippen LogP contribution in [0, 0.1) is 18.6 Å². The SMILES string of the molecule is CCCc1nn(-c2ccc(F)cc2)c([O-])c1C1=C([n+]2cccc(C)c2)C(=O)N(Cc2ccc(F)cc2)C1=O. The number of pyridine rings is 1. The number of hydrogen-bond donors (Lipinski definition) is 0. The van der Waals surface area contributed by atoms with Gasteiger partial charge in [0.25, 0.3) is 11.6 Å². The molecule has 9 heteroatoms. The summed E-state index contributed by atoms with van der Waals surface area (Å²) >= 11 is 0. The molecule has 7 nitrogen and oxygen atoms in total. The van der Waals surface area contributed by atoms with Crippen molar-refractivity contribution in [3.63, 3.8) is 0 Å². The van der Waals surface area contributed by atoms with Gasteiger partial charge in [-0.25, -0.2) is 13.5 Å². The second kappa shape index (κ2) is 10.0. The summed E-state index contributed by atoms with van der Waals surface area (Å²) in [5.41, 5.74) is 2.14. The molecule has 1 aliphatic heterocycles. The Kier molecular flexibility index (Phi) is 6.59. The number of imide groups is 1. The number of rotatable bonds is 7. The summed E-state index contributed by atoms with van der Waals surface area (Å²) in [5, 5.41) is 18.3. The van der Waals surface area contributed by atoms with E-state index in [4.69, 9.17) is 0 Å². The van der Waals surface area contributed by atoms with Crippen LogP contribution in [0.4, 0.5) is 8.78 Å². The first kappa shape index (κ1) is 25.0. The van der Waals surface area contributed by atoms with Crippen molar-refractivity contribution in [2.75, 3.05) is 0 Å². The Morgan fingerprint density at radius 3 is 2.24 bits per heavy atom. The molecule has 5 rings (SSSR count). The highest BCUT2D eigenvalue weighted by atomic mass is 19.1. The van der Waals surface area contributed by atoms with Crippen LogP contribution < -0.4 is 9.67 Å². The van der Waals surface area contributed by atoms with Crippen molar-refractivity contribution in [3.05, 3.63) is 107 Å². The molecule has 2 aromatic heterocycles. The summed E-state index contributed by atoms with van der Waals surface area (Å²) in [7, 11) is 0. The predicted octanol–water partition coefficient (Wildman–Crippen LogP) is 3.71. The molecule has 192 valence electrons. The zero-order valence-electron chi connectivity index (χ0n) is 20.8. The third-order valence-electron chi connectivity index (χ3n) is 6.33. The first-order valence-electron chi connectivity index (χ1n) is 12.2. The maximum absolute atomic E-state index is 13.9. The molecule has 38 heavy (non-hydrogen) atoms. The molecular weight excluding hydrogens is 490 g/mol. The molecule has 3 heterocycles. The molecular formula is C29H24F2N4O3. The molecule has 4 aromatic rings. The number of hydrogen-bond acceptors (Lipinski definition) is 4. The van der Waals surface area contributed by atoms with E-state index in [0.717, 1.165) is 15.1 Å². The standard InChI is InChI=1S/C29H24F2N4O3/c1-3-5-23-24(28(37)35(32-23)22-13-11-21(31)12-14-22)25-26(33-15-4-6-18(2)16-33)29(38)34(27(25)36)17-19-7-9-20(30)10-8-19/h4,6-16H,3,5,17H2,1-2H3. The number of halogens is 2. The highest BCUT2D eigenvalue weighted by Gasteiger charge is 2.46. The van der Waals surface area contributed by atoms with Gasteiger partial charge < -0.3 is 5.11 Å². The van der Waals surface area contributed by atoms with Gasteiger partial charge in [-0.1, -0.05) is 25.5 Å². The lowest BCUT2D eigenvalue weighted by molar-refractivity contribution is -0.577. The Labute approximate surface area is 217 Å². The van der Waals surface area contributed by atoms with Crippen molar-refractivity contribution in [2.45, 2.75) is 33.2 Å². The highest BCUT2D eigenvalue weighted by molar-refractivity contribution is 6.44. The lowest BCUT2D eigenvalue weighted by atomic mass is 10.0. The van der Waals surface area contributed by atoms with Gasteiger partial charge in [0.15, 0.2) is 12.4 Å². The minimum absolute atomic E-state index is 0.0360. The normalized spacial score (nSPS) is 13.6. The molecule has 2 aromatic carbocycles. The van der Waals surface area contributed by atoms with Crippen molar-refractivity contribution in [2.24, 2.45) is 0 Å². The molecule has 2 amide bonds. The fourth-order valence-electron chi connectivity index (χ4n) is 4.54. The van der Waals surface area contributed by atoms with Crippen molar-refractivity contribution >= 4 is 23.1 Å². The summed E-state index contributed by atoms with van der Waals surface area (Å²) in [6.45, 7) is 3.67. The molecule has 0 spiro atoms. The number of aromatic nitrogens is 3. The summed E-state index contributed by atoms with van der Waals surface area (Å²) in [6, 6.07) is 14.4. The van der Waals surface area contributed by atoms with Gasteiger partial charge >= 0.3 is 5.91 Å². The summed E-state index contributed by atoms with van der Waals surface area (Å²) in [5.74, 6) is -2.70. The Morgan fingerprint density at radius 1 is 0.947 bits per heavy atom. The Balaban J connectivity index is 1.70. The Bertz CT molecular complexity index is 1570. The van der Waals surface area contributed by atoms with E-state index in [1.807, 2.05) is 19.9 Å². The summed E-state index contributed by atoms with van der Waals surface area (Å²) in [4.78, 5) is 28.7. The fraction of sp³-hybridized carbons (Fsp3) is 0.172. The first-order chi connectivity index (χ1) is 18.3. The van der Waals surface area contributed by atoms with Crippen LogP contribution in [0.25, 0.3) is 17.0 Å². The zero-order chi connectivity index (χ0) is 27.0. The van der Waals surface area contributed by atoms with Gasteiger partial charge in [-0.05, 0) is 67.3 Å². The van der Waals surface area contributed by atoms with Gasteiger partial charge in [0.1, 0.15) is 17.2 Å². The average molecular weight is 515 g/mol. The first-order valence-corrected chi connectivity index (χ1v) is 12.2. The van der Waals surface area contributed by atoms with Gasteiger partial charge in [-0.2, -0.15) is 9.67 Å². The lowest BCUT2D eigenvalue weighted by Gasteiger charge is -2.16. The van der Waals surface area contributed by atoms with Crippen molar-refractivity contribution in [3.8, 4) is 11.6 Å². The monoisotopic (exact) mass is 514 g/mol. The topological polar surface area (TPSA) is 82.1 Å². The summed E-state index contributed by atoms with van der Waals surface area (Å²) < 4.78 is 29.7. The number of carbonyl (C=O) groups is 2. The van der Waals surface area contributed by atoms with E-state index in [2.05, 4.69) is 5.10 Å². The molecule has 0 radical (unpaired) electrons. The summed E-state index contributed by atoms with van der Waals surface area (Å²) in [6.07, 6.45) is 4.36. The van der Waals surface area contributed by atoms with Gasteiger partial charge in [-0.15, -0.1) is 0 Å². The quantitative estimate of drug-likeness (QED) is 0.278. The maximum atomic E-state index is 13.9. The van der Waals surface area contributed by atoms with Crippen LogP contribution >= 0.6 is 0 Å². The van der Waals surface area contributed by atoms with Gasteiger partial charge in [-0.3, -0.25) is 14.5 Å². The van der Waals surface area contributed by atoms with Gasteiger partial charge in [0, 0.05) is 17.2 Å². The van der Waals surface area contributed by atoms with Crippen LogP contribution in [0.2, 0.25) is 0 Å². The lowest BCUT2D eigenvalue weighted by Crippen LogP contribution is -2.39. The Hall–Kier alpha value is -4.66. The number of amides is 2. The van der Waals surface area contributed by atoms with E-state index in [9.17, 15) is 23.5 Å². The number of carbonyl (C=O) groups excluding carboxylic acids is 2. The van der Waals surface area contributed by atoms with E-state index >= 15 is 0 Å². The van der Waals surface area contributed by atoms with E-state index in [-0.39, 0.29) is 23.4 Å². The molecule has 0 aliphatic carbocycles. The molecule has 1 aliphatic rings. The average Bonchev–Trinajstić information content (AvgIpc) is 3.33. The zero-order valence-corrected chi connectivity index (χ0v) is 20.8. The molecule has 0 N–H and O–H groups in total. The Morgan fingerprint density at radius 2 is 1.61 bits per heavy atom. The van der Waals surface area contributed by atoms with Crippen molar-refractivity contribution in [1.82, 2.24) is 14.7 Å². The number of aryl methyl sites for hydroxylation is 2. The maximum Gasteiger partial charge on any atom is 0.327 e. The minimum atomic E-state index is -0.642. The number of benzene rings is 2. The van der Waals surface area contributed by atoms with Crippen LogP contribution in [0.3, 0.4) is 0 Å². The minimum Gasteiger partial charge on any atom is -0.858 e. The molecule has 0 atom stereocenters. The van der Waals surface area contributed by atoms with E-state index in [1.54, 1.807) is 23.0 Å². The van der Waals surface area contributed by atoms with Gasteiger partial charge in [0.2, 0.25) is 0 Å². The molecule has 0 bridgehead atoms. The second-order valence-corrected chi connectivity index (χ2v) is 9.10.